The molecule has 0 aromatic carbocycles. The molecule has 0 aromatic rings. The summed E-state index contributed by atoms with van der Waals surface area (Å²) in [5.74, 6) is 0.107. The zero-order chi connectivity index (χ0) is 13.4. The van der Waals surface area contributed by atoms with E-state index in [-0.39, 0.29) is 11.9 Å². The molecule has 1 unspecified atom stereocenters. The molecular formula is C13H28N4O. The largest absolute Gasteiger partial charge is 0.355 e. The molecule has 2 N–H and O–H groups in total. The Morgan fingerprint density at radius 1 is 1.22 bits per heavy atom. The summed E-state index contributed by atoms with van der Waals surface area (Å²) in [7, 11) is 2.16. The van der Waals surface area contributed by atoms with Gasteiger partial charge in [-0.3, -0.25) is 9.69 Å². The van der Waals surface area contributed by atoms with Gasteiger partial charge < -0.3 is 15.5 Å². The van der Waals surface area contributed by atoms with Crippen LogP contribution < -0.4 is 10.6 Å². The van der Waals surface area contributed by atoms with E-state index in [1.165, 1.54) is 0 Å². The fourth-order valence-electron chi connectivity index (χ4n) is 2.00. The lowest BCUT2D eigenvalue weighted by Gasteiger charge is -2.32. The maximum Gasteiger partial charge on any atom is 0.236 e. The number of rotatable bonds is 7. The van der Waals surface area contributed by atoms with Crippen molar-refractivity contribution < 1.29 is 4.79 Å². The third-order valence-electron chi connectivity index (χ3n) is 3.42. The summed E-state index contributed by atoms with van der Waals surface area (Å²) in [5, 5.41) is 6.19. The molecule has 5 heteroatoms. The van der Waals surface area contributed by atoms with Gasteiger partial charge in [-0.25, -0.2) is 0 Å². The first-order valence-electron chi connectivity index (χ1n) is 7.05. The van der Waals surface area contributed by atoms with Crippen LogP contribution >= 0.6 is 0 Å². The molecule has 1 amide bonds. The summed E-state index contributed by atoms with van der Waals surface area (Å²) in [5.41, 5.74) is 0. The van der Waals surface area contributed by atoms with Crippen LogP contribution in [0.4, 0.5) is 0 Å². The lowest BCUT2D eigenvalue weighted by molar-refractivity contribution is -0.122. The number of nitrogens with one attached hydrogen (secondary N) is 2. The van der Waals surface area contributed by atoms with Crippen molar-refractivity contribution in [2.75, 3.05) is 52.9 Å². The minimum atomic E-state index is -0.0935. The van der Waals surface area contributed by atoms with E-state index in [4.69, 9.17) is 0 Å². The lowest BCUT2D eigenvalue weighted by Crippen LogP contribution is -2.49. The van der Waals surface area contributed by atoms with Gasteiger partial charge in [0.15, 0.2) is 0 Å². The molecule has 18 heavy (non-hydrogen) atoms. The Morgan fingerprint density at radius 2 is 1.89 bits per heavy atom. The summed E-state index contributed by atoms with van der Waals surface area (Å²) in [4.78, 5) is 16.4. The van der Waals surface area contributed by atoms with Crippen LogP contribution in [-0.2, 0) is 4.79 Å². The average Bonchev–Trinajstić information content (AvgIpc) is 2.38. The van der Waals surface area contributed by atoms with E-state index in [2.05, 4.69) is 34.4 Å². The molecule has 0 radical (unpaired) electrons. The fraction of sp³-hybridized carbons (Fsp3) is 0.923. The van der Waals surface area contributed by atoms with Gasteiger partial charge in [0, 0.05) is 45.8 Å². The second-order valence-corrected chi connectivity index (χ2v) is 5.11. The fourth-order valence-corrected chi connectivity index (χ4v) is 2.00. The zero-order valence-corrected chi connectivity index (χ0v) is 12.0. The quantitative estimate of drug-likeness (QED) is 0.659. The standard InChI is InChI=1S/C13H28N4O/c1-4-5-15-13(18)12(2)14-6-7-17-10-8-16(3)9-11-17/h12,14H,4-11H2,1-3H3,(H,15,18). The van der Waals surface area contributed by atoms with Crippen molar-refractivity contribution >= 4 is 5.91 Å². The van der Waals surface area contributed by atoms with Crippen molar-refractivity contribution in [2.24, 2.45) is 0 Å². The van der Waals surface area contributed by atoms with E-state index in [1.807, 2.05) is 6.92 Å². The number of hydrogen-bond donors (Lipinski definition) is 2. The third kappa shape index (κ3) is 5.80. The molecule has 0 saturated carbocycles. The van der Waals surface area contributed by atoms with Crippen molar-refractivity contribution in [2.45, 2.75) is 26.3 Å². The Bertz CT molecular complexity index is 239. The maximum absolute atomic E-state index is 11.6. The smallest absolute Gasteiger partial charge is 0.236 e. The van der Waals surface area contributed by atoms with Gasteiger partial charge in [0.05, 0.1) is 6.04 Å². The van der Waals surface area contributed by atoms with Crippen molar-refractivity contribution in [1.82, 2.24) is 20.4 Å². The molecule has 1 saturated heterocycles. The number of carbonyl (C=O) groups excluding carboxylic acids is 1. The zero-order valence-electron chi connectivity index (χ0n) is 12.0. The predicted octanol–water partition coefficient (Wildman–Crippen LogP) is -0.262. The first-order valence-corrected chi connectivity index (χ1v) is 7.05. The molecule has 1 fully saturated rings. The lowest BCUT2D eigenvalue weighted by atomic mass is 10.3. The first kappa shape index (κ1) is 15.4. The van der Waals surface area contributed by atoms with E-state index < -0.39 is 0 Å². The van der Waals surface area contributed by atoms with E-state index in [9.17, 15) is 4.79 Å². The molecule has 5 nitrogen and oxygen atoms in total. The molecule has 1 rings (SSSR count). The molecular weight excluding hydrogens is 228 g/mol. The molecule has 1 aliphatic rings. The van der Waals surface area contributed by atoms with Crippen LogP contribution in [-0.4, -0.2) is 74.6 Å². The number of likely N-dealkylation sites (N-methyl/N-ethyl adjacent to an activating group) is 1. The summed E-state index contributed by atoms with van der Waals surface area (Å²) >= 11 is 0. The van der Waals surface area contributed by atoms with Gasteiger partial charge in [0.25, 0.3) is 0 Å². The van der Waals surface area contributed by atoms with Crippen LogP contribution in [0.15, 0.2) is 0 Å². The van der Waals surface area contributed by atoms with Crippen molar-refractivity contribution in [3.63, 3.8) is 0 Å². The Morgan fingerprint density at radius 3 is 2.50 bits per heavy atom. The average molecular weight is 256 g/mol. The number of piperazine rings is 1. The van der Waals surface area contributed by atoms with Gasteiger partial charge in [-0.15, -0.1) is 0 Å². The Kier molecular flexibility index (Phi) is 7.23. The van der Waals surface area contributed by atoms with Crippen molar-refractivity contribution in [1.29, 1.82) is 0 Å². The first-order chi connectivity index (χ1) is 8.63. The topological polar surface area (TPSA) is 47.6 Å². The summed E-state index contributed by atoms with van der Waals surface area (Å²) in [6.07, 6.45) is 0.986. The highest BCUT2D eigenvalue weighted by Crippen LogP contribution is 1.97. The second kappa shape index (κ2) is 8.45. The highest BCUT2D eigenvalue weighted by Gasteiger charge is 2.14. The molecule has 0 bridgehead atoms. The molecule has 1 atom stereocenters. The highest BCUT2D eigenvalue weighted by molar-refractivity contribution is 5.81. The van der Waals surface area contributed by atoms with Crippen LogP contribution in [0.5, 0.6) is 0 Å². The van der Waals surface area contributed by atoms with Crippen molar-refractivity contribution in [3.8, 4) is 0 Å². The number of hydrogen-bond acceptors (Lipinski definition) is 4. The molecule has 0 aromatic heterocycles. The normalized spacial score (nSPS) is 19.7. The van der Waals surface area contributed by atoms with E-state index in [0.29, 0.717) is 0 Å². The van der Waals surface area contributed by atoms with Crippen LogP contribution in [0, 0.1) is 0 Å². The van der Waals surface area contributed by atoms with Gasteiger partial charge in [-0.1, -0.05) is 6.92 Å². The Labute approximate surface area is 111 Å². The van der Waals surface area contributed by atoms with Crippen LogP contribution in [0.25, 0.3) is 0 Å². The van der Waals surface area contributed by atoms with Crippen LogP contribution in [0.1, 0.15) is 20.3 Å². The van der Waals surface area contributed by atoms with E-state index in [1.54, 1.807) is 0 Å². The van der Waals surface area contributed by atoms with Crippen LogP contribution in [0.3, 0.4) is 0 Å². The minimum absolute atomic E-state index is 0.0935. The molecule has 0 spiro atoms. The predicted molar refractivity (Wildman–Crippen MR) is 74.7 cm³/mol. The SMILES string of the molecule is CCCNC(=O)C(C)NCCN1CCN(C)CC1. The van der Waals surface area contributed by atoms with Gasteiger partial charge in [0.1, 0.15) is 0 Å². The Hall–Kier alpha value is -0.650. The molecule has 106 valence electrons. The van der Waals surface area contributed by atoms with Gasteiger partial charge in [-0.2, -0.15) is 0 Å². The van der Waals surface area contributed by atoms with E-state index >= 15 is 0 Å². The molecule has 1 aliphatic heterocycles. The van der Waals surface area contributed by atoms with Gasteiger partial charge in [0.2, 0.25) is 5.91 Å². The summed E-state index contributed by atoms with van der Waals surface area (Å²) in [6.45, 7) is 11.2. The summed E-state index contributed by atoms with van der Waals surface area (Å²) in [6, 6.07) is -0.0935. The minimum Gasteiger partial charge on any atom is -0.355 e. The number of nitrogens with zero attached hydrogens (tertiary/aromatic N) is 2. The van der Waals surface area contributed by atoms with Crippen molar-refractivity contribution in [3.05, 3.63) is 0 Å². The molecule has 0 aliphatic carbocycles. The summed E-state index contributed by atoms with van der Waals surface area (Å²) < 4.78 is 0. The highest BCUT2D eigenvalue weighted by atomic mass is 16.2. The monoisotopic (exact) mass is 256 g/mol. The Balaban J connectivity index is 2.07. The van der Waals surface area contributed by atoms with E-state index in [0.717, 1.165) is 52.2 Å². The third-order valence-corrected chi connectivity index (χ3v) is 3.42. The number of amides is 1. The second-order valence-electron chi connectivity index (χ2n) is 5.11. The molecule has 1 heterocycles. The van der Waals surface area contributed by atoms with Gasteiger partial charge in [-0.05, 0) is 20.4 Å². The van der Waals surface area contributed by atoms with Gasteiger partial charge >= 0.3 is 0 Å². The maximum atomic E-state index is 11.6. The van der Waals surface area contributed by atoms with Crippen LogP contribution in [0.2, 0.25) is 0 Å². The number of carbonyl (C=O) groups is 1.